The summed E-state index contributed by atoms with van der Waals surface area (Å²) in [6.45, 7) is 4.93. The molecule has 3 aromatic rings. The molecule has 31 heavy (non-hydrogen) atoms. The lowest BCUT2D eigenvalue weighted by Gasteiger charge is -2.62. The lowest BCUT2D eigenvalue weighted by Crippen LogP contribution is -2.78. The first-order valence-electron chi connectivity index (χ1n) is 10.6. The van der Waals surface area contributed by atoms with Crippen molar-refractivity contribution in [2.24, 2.45) is 0 Å². The highest BCUT2D eigenvalue weighted by atomic mass is 32.2. The molecule has 1 atom stereocenters. The Balaban J connectivity index is 1.35. The molecule has 9 nitrogen and oxygen atoms in total. The van der Waals surface area contributed by atoms with Crippen LogP contribution in [0.5, 0.6) is 0 Å². The van der Waals surface area contributed by atoms with Crippen molar-refractivity contribution in [1.82, 2.24) is 24.2 Å². The number of H-pyrrole nitrogens is 1. The van der Waals surface area contributed by atoms with Crippen LogP contribution in [0.3, 0.4) is 0 Å². The van der Waals surface area contributed by atoms with E-state index in [-0.39, 0.29) is 5.54 Å². The Morgan fingerprint density at radius 2 is 2.03 bits per heavy atom. The van der Waals surface area contributed by atoms with E-state index in [1.807, 2.05) is 12.4 Å². The number of pyridine rings is 1. The molecule has 0 bridgehead atoms. The Kier molecular flexibility index (Phi) is 3.92. The zero-order valence-corrected chi connectivity index (χ0v) is 18.4. The number of sulfonamides is 1. The minimum atomic E-state index is -3.15. The van der Waals surface area contributed by atoms with Crippen molar-refractivity contribution in [2.75, 3.05) is 35.7 Å². The monoisotopic (exact) mass is 439 g/mol. The molecule has 3 aliphatic rings. The Bertz CT molecular complexity index is 1280. The molecular formula is C21H25N7O2S. The van der Waals surface area contributed by atoms with Gasteiger partial charge < -0.3 is 14.8 Å². The van der Waals surface area contributed by atoms with Crippen LogP contribution in [0.4, 0.5) is 11.5 Å². The van der Waals surface area contributed by atoms with Crippen LogP contribution in [-0.2, 0) is 23.0 Å². The number of aromatic amines is 1. The average molecular weight is 440 g/mol. The number of hydrogen-bond acceptors (Lipinski definition) is 7. The molecule has 6 rings (SSSR count). The first-order chi connectivity index (χ1) is 14.9. The van der Waals surface area contributed by atoms with E-state index in [0.717, 1.165) is 59.7 Å². The highest BCUT2D eigenvalue weighted by Gasteiger charge is 2.57. The van der Waals surface area contributed by atoms with Gasteiger partial charge in [-0.3, -0.25) is 0 Å². The first kappa shape index (κ1) is 19.0. The molecule has 1 spiro atoms. The fraction of sp³-hybridized carbons (Fsp3) is 0.476. The molecule has 3 aromatic heterocycles. The van der Waals surface area contributed by atoms with Crippen LogP contribution in [0.1, 0.15) is 24.6 Å². The summed E-state index contributed by atoms with van der Waals surface area (Å²) in [4.78, 5) is 21.6. The molecule has 1 unspecified atom stereocenters. The van der Waals surface area contributed by atoms with Crippen molar-refractivity contribution in [3.63, 3.8) is 0 Å². The second-order valence-electron chi connectivity index (χ2n) is 9.03. The van der Waals surface area contributed by atoms with Crippen molar-refractivity contribution in [3.05, 3.63) is 42.1 Å². The summed E-state index contributed by atoms with van der Waals surface area (Å²) in [6.07, 6.45) is 8.54. The second-order valence-corrected chi connectivity index (χ2v) is 11.0. The third kappa shape index (κ3) is 2.77. The molecule has 0 aromatic carbocycles. The van der Waals surface area contributed by atoms with Gasteiger partial charge in [0.1, 0.15) is 17.8 Å². The van der Waals surface area contributed by atoms with Gasteiger partial charge in [0.05, 0.1) is 17.5 Å². The van der Waals surface area contributed by atoms with Gasteiger partial charge in [0.15, 0.2) is 0 Å². The number of rotatable bonds is 3. The molecule has 2 saturated heterocycles. The van der Waals surface area contributed by atoms with Gasteiger partial charge in [-0.05, 0) is 25.5 Å². The van der Waals surface area contributed by atoms with Gasteiger partial charge in [0.25, 0.3) is 0 Å². The molecule has 0 radical (unpaired) electrons. The van der Waals surface area contributed by atoms with Gasteiger partial charge in [0.2, 0.25) is 10.0 Å². The van der Waals surface area contributed by atoms with Crippen molar-refractivity contribution < 1.29 is 8.42 Å². The highest BCUT2D eigenvalue weighted by Crippen LogP contribution is 2.45. The summed E-state index contributed by atoms with van der Waals surface area (Å²) in [5, 5.41) is 1.11. The van der Waals surface area contributed by atoms with E-state index in [0.29, 0.717) is 19.1 Å². The number of nitrogens with zero attached hydrogens (tertiary/aromatic N) is 6. The van der Waals surface area contributed by atoms with Gasteiger partial charge in [-0.2, -0.15) is 4.31 Å². The van der Waals surface area contributed by atoms with E-state index in [1.54, 1.807) is 10.6 Å². The SMILES string of the molecule is CC1Cc2ncnc(N3CCC34CN(S(C)(=O)=O)C4)c2CN1c1ccnc2[nH]ccc12. The third-order valence-corrected chi connectivity index (χ3v) is 8.34. The maximum Gasteiger partial charge on any atom is 0.211 e. The van der Waals surface area contributed by atoms with Crippen molar-refractivity contribution >= 4 is 32.6 Å². The fourth-order valence-corrected chi connectivity index (χ4v) is 6.24. The second kappa shape index (κ2) is 6.39. The van der Waals surface area contributed by atoms with Crippen LogP contribution in [-0.4, -0.2) is 70.1 Å². The Hall–Kier alpha value is -2.72. The third-order valence-electron chi connectivity index (χ3n) is 7.15. The van der Waals surface area contributed by atoms with Crippen LogP contribution in [0.2, 0.25) is 0 Å². The average Bonchev–Trinajstić information content (AvgIpc) is 3.14. The number of anilines is 2. The molecule has 2 fully saturated rings. The zero-order valence-electron chi connectivity index (χ0n) is 17.6. The number of fused-ring (bicyclic) bond motifs is 2. The molecule has 10 heteroatoms. The Morgan fingerprint density at radius 3 is 2.77 bits per heavy atom. The molecule has 6 heterocycles. The zero-order chi connectivity index (χ0) is 21.4. The summed E-state index contributed by atoms with van der Waals surface area (Å²) in [5.74, 6) is 0.959. The summed E-state index contributed by atoms with van der Waals surface area (Å²) in [5.41, 5.74) is 4.16. The van der Waals surface area contributed by atoms with Gasteiger partial charge in [-0.25, -0.2) is 23.4 Å². The van der Waals surface area contributed by atoms with E-state index >= 15 is 0 Å². The molecule has 162 valence electrons. The maximum atomic E-state index is 11.9. The Morgan fingerprint density at radius 1 is 1.19 bits per heavy atom. The van der Waals surface area contributed by atoms with Crippen LogP contribution in [0.15, 0.2) is 30.9 Å². The van der Waals surface area contributed by atoms with Crippen molar-refractivity contribution in [3.8, 4) is 0 Å². The Labute approximate surface area is 181 Å². The number of hydrogen-bond donors (Lipinski definition) is 1. The van der Waals surface area contributed by atoms with E-state index in [2.05, 4.69) is 48.8 Å². The summed E-state index contributed by atoms with van der Waals surface area (Å²) in [7, 11) is -3.15. The summed E-state index contributed by atoms with van der Waals surface area (Å²) >= 11 is 0. The topological polar surface area (TPSA) is 98.3 Å². The van der Waals surface area contributed by atoms with E-state index in [9.17, 15) is 8.42 Å². The number of nitrogens with one attached hydrogen (secondary N) is 1. The summed E-state index contributed by atoms with van der Waals surface area (Å²) < 4.78 is 25.4. The lowest BCUT2D eigenvalue weighted by atomic mass is 9.78. The highest BCUT2D eigenvalue weighted by molar-refractivity contribution is 7.88. The van der Waals surface area contributed by atoms with E-state index in [4.69, 9.17) is 0 Å². The molecule has 0 amide bonds. The first-order valence-corrected chi connectivity index (χ1v) is 12.4. The predicted molar refractivity (Wildman–Crippen MR) is 119 cm³/mol. The van der Waals surface area contributed by atoms with Crippen LogP contribution in [0.25, 0.3) is 11.0 Å². The van der Waals surface area contributed by atoms with Crippen LogP contribution in [0, 0.1) is 0 Å². The quantitative estimate of drug-likeness (QED) is 0.661. The van der Waals surface area contributed by atoms with Crippen molar-refractivity contribution in [2.45, 2.75) is 37.9 Å². The standard InChI is InChI=1S/C21H25N7O2S/c1-14-9-17-16(10-27(14)18-4-7-23-19-15(18)3-6-22-19)20(25-13-24-17)28-8-5-21(28)11-26(12-21)31(2,29)30/h3-4,6-7,13-14H,5,8-12H2,1-2H3,(H,22,23). The molecule has 3 aliphatic heterocycles. The van der Waals surface area contributed by atoms with Gasteiger partial charge in [0, 0.05) is 67.7 Å². The van der Waals surface area contributed by atoms with Crippen LogP contribution >= 0.6 is 0 Å². The minimum absolute atomic E-state index is 0.121. The molecule has 0 aliphatic carbocycles. The van der Waals surface area contributed by atoms with Crippen molar-refractivity contribution in [1.29, 1.82) is 0 Å². The normalized spacial score (nSPS) is 23.0. The minimum Gasteiger partial charge on any atom is -0.363 e. The predicted octanol–water partition coefficient (Wildman–Crippen LogP) is 1.53. The van der Waals surface area contributed by atoms with Gasteiger partial charge in [-0.15, -0.1) is 0 Å². The molecule has 0 saturated carbocycles. The van der Waals surface area contributed by atoms with Gasteiger partial charge in [-0.1, -0.05) is 0 Å². The maximum absolute atomic E-state index is 11.9. The van der Waals surface area contributed by atoms with E-state index in [1.165, 1.54) is 6.26 Å². The smallest absolute Gasteiger partial charge is 0.211 e. The lowest BCUT2D eigenvalue weighted by molar-refractivity contribution is 0.0916. The molecule has 1 N–H and O–H groups in total. The molecular weight excluding hydrogens is 414 g/mol. The van der Waals surface area contributed by atoms with Gasteiger partial charge >= 0.3 is 0 Å². The van der Waals surface area contributed by atoms with E-state index < -0.39 is 10.0 Å². The summed E-state index contributed by atoms with van der Waals surface area (Å²) in [6, 6.07) is 4.44. The van der Waals surface area contributed by atoms with Crippen LogP contribution < -0.4 is 9.80 Å². The number of aromatic nitrogens is 4. The largest absolute Gasteiger partial charge is 0.363 e. The fourth-order valence-electron chi connectivity index (χ4n) is 5.29.